The number of aromatic amines is 1. The van der Waals surface area contributed by atoms with Gasteiger partial charge in [-0.2, -0.15) is 15.2 Å². The third-order valence-corrected chi connectivity index (χ3v) is 1.80. The van der Waals surface area contributed by atoms with Gasteiger partial charge in [-0.15, -0.1) is 0 Å². The highest BCUT2D eigenvalue weighted by Crippen LogP contribution is 1.96. The van der Waals surface area contributed by atoms with Crippen LogP contribution in [0.4, 0.5) is 5.95 Å². The minimum Gasteiger partial charge on any atom is -0.295 e. The van der Waals surface area contributed by atoms with Crippen LogP contribution in [0.3, 0.4) is 0 Å². The van der Waals surface area contributed by atoms with Crippen molar-refractivity contribution in [1.29, 1.82) is 0 Å². The first-order valence-electron chi connectivity index (χ1n) is 4.47. The predicted molar refractivity (Wildman–Crippen MR) is 51.9 cm³/mol. The minimum atomic E-state index is -0.123. The first kappa shape index (κ1) is 9.38. The Balaban J connectivity index is 1.78. The molecule has 0 fully saturated rings. The van der Waals surface area contributed by atoms with E-state index in [0.717, 1.165) is 0 Å². The molecule has 0 aliphatic carbocycles. The zero-order valence-electron chi connectivity index (χ0n) is 7.92. The zero-order valence-corrected chi connectivity index (χ0v) is 7.92. The maximum Gasteiger partial charge on any atom is 0.228 e. The van der Waals surface area contributed by atoms with E-state index in [1.165, 1.54) is 6.33 Å². The number of amides is 1. The summed E-state index contributed by atoms with van der Waals surface area (Å²) in [6.45, 7) is 0.549. The van der Waals surface area contributed by atoms with Crippen molar-refractivity contribution >= 4 is 11.9 Å². The smallest absolute Gasteiger partial charge is 0.228 e. The topological polar surface area (TPSA) is 88.5 Å². The summed E-state index contributed by atoms with van der Waals surface area (Å²) in [7, 11) is 0. The second-order valence-corrected chi connectivity index (χ2v) is 2.90. The summed E-state index contributed by atoms with van der Waals surface area (Å²) in [6.07, 6.45) is 5.17. The van der Waals surface area contributed by atoms with Crippen molar-refractivity contribution in [2.24, 2.45) is 0 Å². The summed E-state index contributed by atoms with van der Waals surface area (Å²) in [5.74, 6) is 0.239. The van der Waals surface area contributed by atoms with Crippen molar-refractivity contribution in [3.8, 4) is 0 Å². The molecule has 7 nitrogen and oxygen atoms in total. The highest BCUT2D eigenvalue weighted by atomic mass is 16.1. The van der Waals surface area contributed by atoms with Crippen molar-refractivity contribution < 1.29 is 4.79 Å². The molecule has 0 spiro atoms. The van der Waals surface area contributed by atoms with Gasteiger partial charge in [-0.05, 0) is 6.07 Å². The largest absolute Gasteiger partial charge is 0.295 e. The van der Waals surface area contributed by atoms with Gasteiger partial charge in [-0.1, -0.05) is 0 Å². The van der Waals surface area contributed by atoms with Gasteiger partial charge in [-0.25, -0.2) is 5.10 Å². The maximum atomic E-state index is 11.4. The average Bonchev–Trinajstić information content (AvgIpc) is 2.86. The van der Waals surface area contributed by atoms with Crippen molar-refractivity contribution in [2.45, 2.75) is 13.0 Å². The van der Waals surface area contributed by atoms with Crippen LogP contribution in [0.15, 0.2) is 24.8 Å². The Kier molecular flexibility index (Phi) is 2.72. The van der Waals surface area contributed by atoms with E-state index in [2.05, 4.69) is 25.6 Å². The number of hydrogen-bond donors (Lipinski definition) is 2. The fourth-order valence-electron chi connectivity index (χ4n) is 1.11. The van der Waals surface area contributed by atoms with E-state index in [4.69, 9.17) is 0 Å². The Labute approximate surface area is 85.5 Å². The molecule has 1 amide bonds. The molecule has 0 saturated heterocycles. The Hall–Kier alpha value is -2.18. The molecule has 78 valence electrons. The monoisotopic (exact) mass is 206 g/mol. The fourth-order valence-corrected chi connectivity index (χ4v) is 1.11. The van der Waals surface area contributed by atoms with Gasteiger partial charge >= 0.3 is 0 Å². The minimum absolute atomic E-state index is 0.123. The van der Waals surface area contributed by atoms with E-state index < -0.39 is 0 Å². The molecular weight excluding hydrogens is 196 g/mol. The molecule has 2 N–H and O–H groups in total. The quantitative estimate of drug-likeness (QED) is 0.738. The molecule has 0 bridgehead atoms. The van der Waals surface area contributed by atoms with Crippen LogP contribution in [0.5, 0.6) is 0 Å². The third kappa shape index (κ3) is 2.63. The van der Waals surface area contributed by atoms with Crippen LogP contribution in [0.25, 0.3) is 0 Å². The summed E-state index contributed by atoms with van der Waals surface area (Å²) in [6, 6.07) is 1.81. The summed E-state index contributed by atoms with van der Waals surface area (Å²) in [4.78, 5) is 15.1. The first-order chi connectivity index (χ1) is 7.34. The number of H-pyrrole nitrogens is 1. The number of rotatable bonds is 4. The van der Waals surface area contributed by atoms with Crippen LogP contribution in [-0.2, 0) is 11.3 Å². The van der Waals surface area contributed by atoms with Crippen molar-refractivity contribution in [1.82, 2.24) is 25.0 Å². The molecule has 2 heterocycles. The van der Waals surface area contributed by atoms with Crippen molar-refractivity contribution in [3.63, 3.8) is 0 Å². The summed E-state index contributed by atoms with van der Waals surface area (Å²) in [5.41, 5.74) is 0. The number of nitrogens with one attached hydrogen (secondary N) is 2. The van der Waals surface area contributed by atoms with Crippen LogP contribution in [0.1, 0.15) is 6.42 Å². The summed E-state index contributed by atoms with van der Waals surface area (Å²) < 4.78 is 1.69. The van der Waals surface area contributed by atoms with Gasteiger partial charge in [0.05, 0.1) is 0 Å². The summed E-state index contributed by atoms with van der Waals surface area (Å²) >= 11 is 0. The number of aromatic nitrogens is 5. The lowest BCUT2D eigenvalue weighted by Gasteiger charge is -2.01. The SMILES string of the molecule is O=C(CCn1cccn1)Nc1ncn[nH]1. The Morgan fingerprint density at radius 1 is 1.60 bits per heavy atom. The second-order valence-electron chi connectivity index (χ2n) is 2.90. The number of carbonyl (C=O) groups is 1. The van der Waals surface area contributed by atoms with Crippen LogP contribution < -0.4 is 5.32 Å². The standard InChI is InChI=1S/C8H10N6O/c15-7(12-8-9-6-10-13-8)2-5-14-4-1-3-11-14/h1,3-4,6H,2,5H2,(H2,9,10,12,13,15). The van der Waals surface area contributed by atoms with E-state index in [1.54, 1.807) is 10.9 Å². The van der Waals surface area contributed by atoms with Gasteiger partial charge in [-0.3, -0.25) is 14.8 Å². The van der Waals surface area contributed by atoms with E-state index in [1.807, 2.05) is 12.3 Å². The van der Waals surface area contributed by atoms with E-state index in [9.17, 15) is 4.79 Å². The molecule has 15 heavy (non-hydrogen) atoms. The first-order valence-corrected chi connectivity index (χ1v) is 4.47. The lowest BCUT2D eigenvalue weighted by Crippen LogP contribution is -2.15. The molecule has 0 radical (unpaired) electrons. The number of carbonyl (C=O) groups excluding carboxylic acids is 1. The molecule has 0 atom stereocenters. The molecule has 0 aromatic carbocycles. The van der Waals surface area contributed by atoms with E-state index in [-0.39, 0.29) is 5.91 Å². The van der Waals surface area contributed by atoms with E-state index in [0.29, 0.717) is 18.9 Å². The summed E-state index contributed by atoms with van der Waals surface area (Å²) in [5, 5.41) is 12.7. The third-order valence-electron chi connectivity index (χ3n) is 1.80. The number of anilines is 1. The predicted octanol–water partition coefficient (Wildman–Crippen LogP) is 0.0300. The Morgan fingerprint density at radius 3 is 3.20 bits per heavy atom. The van der Waals surface area contributed by atoms with Crippen LogP contribution in [0.2, 0.25) is 0 Å². The molecule has 7 heteroatoms. The Morgan fingerprint density at radius 2 is 2.53 bits per heavy atom. The normalized spacial score (nSPS) is 10.1. The lowest BCUT2D eigenvalue weighted by atomic mass is 10.4. The lowest BCUT2D eigenvalue weighted by molar-refractivity contribution is -0.116. The molecule has 0 saturated carbocycles. The van der Waals surface area contributed by atoms with Gasteiger partial charge in [0.1, 0.15) is 6.33 Å². The molecule has 2 aromatic rings. The van der Waals surface area contributed by atoms with Crippen molar-refractivity contribution in [3.05, 3.63) is 24.8 Å². The van der Waals surface area contributed by atoms with E-state index >= 15 is 0 Å². The van der Waals surface area contributed by atoms with Crippen LogP contribution in [-0.4, -0.2) is 30.9 Å². The number of aryl methyl sites for hydroxylation is 1. The molecule has 2 rings (SSSR count). The van der Waals surface area contributed by atoms with Gasteiger partial charge < -0.3 is 0 Å². The highest BCUT2D eigenvalue weighted by molar-refractivity contribution is 5.88. The van der Waals surface area contributed by atoms with Gasteiger partial charge in [0, 0.05) is 25.4 Å². The molecule has 0 unspecified atom stereocenters. The number of hydrogen-bond acceptors (Lipinski definition) is 4. The zero-order chi connectivity index (χ0) is 10.5. The van der Waals surface area contributed by atoms with Crippen molar-refractivity contribution in [2.75, 3.05) is 5.32 Å². The molecule has 0 aliphatic heterocycles. The van der Waals surface area contributed by atoms with Crippen LogP contribution >= 0.6 is 0 Å². The maximum absolute atomic E-state index is 11.4. The van der Waals surface area contributed by atoms with Gasteiger partial charge in [0.25, 0.3) is 0 Å². The molecule has 0 aliphatic rings. The average molecular weight is 206 g/mol. The molecular formula is C8H10N6O. The Bertz CT molecular complexity index is 406. The molecule has 2 aromatic heterocycles. The van der Waals surface area contributed by atoms with Crippen LogP contribution in [0, 0.1) is 0 Å². The van der Waals surface area contributed by atoms with Gasteiger partial charge in [0.15, 0.2) is 0 Å². The fraction of sp³-hybridized carbons (Fsp3) is 0.250. The second kappa shape index (κ2) is 4.36. The number of nitrogens with zero attached hydrogens (tertiary/aromatic N) is 4. The van der Waals surface area contributed by atoms with Gasteiger partial charge in [0.2, 0.25) is 11.9 Å². The highest BCUT2D eigenvalue weighted by Gasteiger charge is 2.03.